The second kappa shape index (κ2) is 10.4. The molecule has 0 aliphatic carbocycles. The van der Waals surface area contributed by atoms with Gasteiger partial charge in [0.15, 0.2) is 0 Å². The minimum absolute atomic E-state index is 0.120. The summed E-state index contributed by atoms with van der Waals surface area (Å²) in [6, 6.07) is 10.9. The Kier molecular flexibility index (Phi) is 8.35. The number of aryl methyl sites for hydroxylation is 1. The predicted octanol–water partition coefficient (Wildman–Crippen LogP) is 2.93. The SMILES string of the molecule is CCN(CC)S(=O)(=O)c1ccc(/C=C/C(=O)Nc2ccc(C)c(S(=O)(=O)N(C)C)c2)cc1. The molecule has 0 atom stereocenters. The number of hydrogen-bond donors (Lipinski definition) is 1. The molecule has 32 heavy (non-hydrogen) atoms. The van der Waals surface area contributed by atoms with Gasteiger partial charge in [-0.15, -0.1) is 0 Å². The molecule has 0 aliphatic rings. The Labute approximate surface area is 190 Å². The third-order valence-electron chi connectivity index (χ3n) is 4.86. The fourth-order valence-corrected chi connectivity index (χ4v) is 5.57. The molecule has 0 spiro atoms. The zero-order valence-corrected chi connectivity index (χ0v) is 20.5. The van der Waals surface area contributed by atoms with Gasteiger partial charge >= 0.3 is 0 Å². The molecule has 2 aromatic carbocycles. The van der Waals surface area contributed by atoms with Gasteiger partial charge in [-0.25, -0.2) is 21.1 Å². The van der Waals surface area contributed by atoms with Crippen LogP contribution in [0.1, 0.15) is 25.0 Å². The van der Waals surface area contributed by atoms with Crippen LogP contribution in [-0.4, -0.2) is 58.5 Å². The zero-order valence-electron chi connectivity index (χ0n) is 18.9. The Morgan fingerprint density at radius 3 is 2.06 bits per heavy atom. The van der Waals surface area contributed by atoms with E-state index in [0.29, 0.717) is 29.9 Å². The second-order valence-electron chi connectivity index (χ2n) is 7.25. The minimum Gasteiger partial charge on any atom is -0.322 e. The van der Waals surface area contributed by atoms with Crippen LogP contribution in [0.15, 0.2) is 58.3 Å². The van der Waals surface area contributed by atoms with Crippen molar-refractivity contribution in [3.05, 3.63) is 59.7 Å². The summed E-state index contributed by atoms with van der Waals surface area (Å²) in [6.45, 7) is 6.02. The Morgan fingerprint density at radius 1 is 0.938 bits per heavy atom. The summed E-state index contributed by atoms with van der Waals surface area (Å²) >= 11 is 0. The molecule has 8 nitrogen and oxygen atoms in total. The van der Waals surface area contributed by atoms with Crippen LogP contribution in [0.2, 0.25) is 0 Å². The second-order valence-corrected chi connectivity index (χ2v) is 11.3. The smallest absolute Gasteiger partial charge is 0.248 e. The molecule has 0 radical (unpaired) electrons. The van der Waals surface area contributed by atoms with Crippen molar-refractivity contribution in [3.63, 3.8) is 0 Å². The van der Waals surface area contributed by atoms with Crippen LogP contribution in [0.3, 0.4) is 0 Å². The number of carbonyl (C=O) groups excluding carboxylic acids is 1. The van der Waals surface area contributed by atoms with Crippen LogP contribution in [-0.2, 0) is 24.8 Å². The molecule has 0 bridgehead atoms. The molecular weight excluding hydrogens is 450 g/mol. The number of hydrogen-bond acceptors (Lipinski definition) is 5. The molecule has 1 N–H and O–H groups in total. The number of carbonyl (C=O) groups is 1. The maximum atomic E-state index is 12.5. The predicted molar refractivity (Wildman–Crippen MR) is 126 cm³/mol. The van der Waals surface area contributed by atoms with Crippen LogP contribution in [0, 0.1) is 6.92 Å². The number of nitrogens with zero attached hydrogens (tertiary/aromatic N) is 2. The van der Waals surface area contributed by atoms with Gasteiger partial charge < -0.3 is 5.32 Å². The Balaban J connectivity index is 2.15. The number of nitrogens with one attached hydrogen (secondary N) is 1. The lowest BCUT2D eigenvalue weighted by molar-refractivity contribution is -0.111. The summed E-state index contributed by atoms with van der Waals surface area (Å²) in [4.78, 5) is 12.6. The van der Waals surface area contributed by atoms with Crippen molar-refractivity contribution in [2.24, 2.45) is 0 Å². The van der Waals surface area contributed by atoms with Crippen molar-refractivity contribution in [3.8, 4) is 0 Å². The van der Waals surface area contributed by atoms with E-state index in [2.05, 4.69) is 5.32 Å². The van der Waals surface area contributed by atoms with Crippen molar-refractivity contribution >= 4 is 37.7 Å². The lowest BCUT2D eigenvalue weighted by Crippen LogP contribution is -2.30. The van der Waals surface area contributed by atoms with E-state index in [9.17, 15) is 21.6 Å². The van der Waals surface area contributed by atoms with E-state index < -0.39 is 26.0 Å². The van der Waals surface area contributed by atoms with E-state index in [0.717, 1.165) is 4.31 Å². The van der Waals surface area contributed by atoms with E-state index in [1.165, 1.54) is 42.7 Å². The van der Waals surface area contributed by atoms with Gasteiger partial charge in [-0.1, -0.05) is 32.0 Å². The molecule has 0 saturated heterocycles. The molecule has 1 amide bonds. The highest BCUT2D eigenvalue weighted by atomic mass is 32.2. The molecule has 0 saturated carbocycles. The first kappa shape index (κ1) is 25.7. The van der Waals surface area contributed by atoms with E-state index in [-0.39, 0.29) is 9.79 Å². The number of anilines is 1. The summed E-state index contributed by atoms with van der Waals surface area (Å²) in [5.41, 5.74) is 1.58. The number of amides is 1. The fourth-order valence-electron chi connectivity index (χ4n) is 2.97. The number of benzene rings is 2. The minimum atomic E-state index is -3.64. The van der Waals surface area contributed by atoms with Crippen molar-refractivity contribution in [1.29, 1.82) is 0 Å². The molecule has 174 valence electrons. The maximum Gasteiger partial charge on any atom is 0.248 e. The van der Waals surface area contributed by atoms with E-state index in [1.807, 2.05) is 0 Å². The molecule has 0 heterocycles. The maximum absolute atomic E-state index is 12.5. The number of rotatable bonds is 9. The van der Waals surface area contributed by atoms with Crippen LogP contribution in [0.5, 0.6) is 0 Å². The fraction of sp³-hybridized carbons (Fsp3) is 0.318. The first-order chi connectivity index (χ1) is 14.9. The molecule has 0 unspecified atom stereocenters. The van der Waals surface area contributed by atoms with Crippen molar-refractivity contribution in [1.82, 2.24) is 8.61 Å². The highest BCUT2D eigenvalue weighted by molar-refractivity contribution is 7.89. The third kappa shape index (κ3) is 5.83. The summed E-state index contributed by atoms with van der Waals surface area (Å²) in [5.74, 6) is -0.443. The van der Waals surface area contributed by atoms with Crippen LogP contribution < -0.4 is 5.32 Å². The molecule has 0 aromatic heterocycles. The van der Waals surface area contributed by atoms with E-state index in [1.54, 1.807) is 51.1 Å². The van der Waals surface area contributed by atoms with Gasteiger partial charge in [0, 0.05) is 38.9 Å². The summed E-state index contributed by atoms with van der Waals surface area (Å²) in [5, 5.41) is 2.65. The van der Waals surface area contributed by atoms with Gasteiger partial charge in [-0.05, 0) is 48.4 Å². The van der Waals surface area contributed by atoms with Gasteiger partial charge in [0.05, 0.1) is 9.79 Å². The van der Waals surface area contributed by atoms with Gasteiger partial charge in [0.1, 0.15) is 0 Å². The standard InChI is InChI=1S/C22H29N3O5S2/c1-6-25(7-2)31(27,28)20-13-9-18(10-14-20)11-15-22(26)23-19-12-8-17(3)21(16-19)32(29,30)24(4)5/h8-16H,6-7H2,1-5H3,(H,23,26)/b15-11+. The lowest BCUT2D eigenvalue weighted by Gasteiger charge is -2.18. The summed E-state index contributed by atoms with van der Waals surface area (Å²) in [7, 11) is -4.28. The number of sulfonamides is 2. The molecule has 0 aliphatic heterocycles. The largest absolute Gasteiger partial charge is 0.322 e. The third-order valence-corrected chi connectivity index (χ3v) is 8.89. The van der Waals surface area contributed by atoms with Gasteiger partial charge in [0.2, 0.25) is 26.0 Å². The van der Waals surface area contributed by atoms with E-state index >= 15 is 0 Å². The Hall–Kier alpha value is -2.53. The van der Waals surface area contributed by atoms with Gasteiger partial charge in [-0.3, -0.25) is 4.79 Å². The highest BCUT2D eigenvalue weighted by Gasteiger charge is 2.21. The molecule has 2 aromatic rings. The first-order valence-electron chi connectivity index (χ1n) is 10.1. The van der Waals surface area contributed by atoms with Gasteiger partial charge in [0.25, 0.3) is 0 Å². The zero-order chi connectivity index (χ0) is 24.1. The summed E-state index contributed by atoms with van der Waals surface area (Å²) < 4.78 is 52.4. The van der Waals surface area contributed by atoms with Gasteiger partial charge in [-0.2, -0.15) is 4.31 Å². The van der Waals surface area contributed by atoms with Crippen LogP contribution >= 0.6 is 0 Å². The lowest BCUT2D eigenvalue weighted by atomic mass is 10.2. The monoisotopic (exact) mass is 479 g/mol. The average molecular weight is 480 g/mol. The van der Waals surface area contributed by atoms with Crippen molar-refractivity contribution in [2.45, 2.75) is 30.6 Å². The van der Waals surface area contributed by atoms with Crippen LogP contribution in [0.25, 0.3) is 6.08 Å². The first-order valence-corrected chi connectivity index (χ1v) is 12.9. The molecule has 2 rings (SSSR count). The highest BCUT2D eigenvalue weighted by Crippen LogP contribution is 2.22. The van der Waals surface area contributed by atoms with Crippen molar-refractivity contribution in [2.75, 3.05) is 32.5 Å². The Morgan fingerprint density at radius 2 is 1.53 bits per heavy atom. The topological polar surface area (TPSA) is 104 Å². The molecule has 0 fully saturated rings. The summed E-state index contributed by atoms with van der Waals surface area (Å²) in [6.07, 6.45) is 2.85. The molecular formula is C22H29N3O5S2. The normalized spacial score (nSPS) is 12.6. The average Bonchev–Trinajstić information content (AvgIpc) is 2.74. The van der Waals surface area contributed by atoms with E-state index in [4.69, 9.17) is 0 Å². The van der Waals surface area contributed by atoms with Crippen LogP contribution in [0.4, 0.5) is 5.69 Å². The quantitative estimate of drug-likeness (QED) is 0.557. The Bertz CT molecular complexity index is 1200. The van der Waals surface area contributed by atoms with Crippen molar-refractivity contribution < 1.29 is 21.6 Å². The molecule has 10 heteroatoms.